The minimum atomic E-state index is -0.469. The molecule has 9 atom stereocenters. The zero-order chi connectivity index (χ0) is 9.19. The Morgan fingerprint density at radius 2 is 1.36 bits per heavy atom. The molecule has 6 saturated carbocycles. The maximum absolute atomic E-state index is 11.3. The van der Waals surface area contributed by atoms with Crippen LogP contribution in [0.15, 0.2) is 0 Å². The molecular formula is C12H14O2. The highest BCUT2D eigenvalue weighted by atomic mass is 16.4. The number of hydrogen-bond donors (Lipinski definition) is 1. The second-order valence-electron chi connectivity index (χ2n) is 6.30. The molecule has 74 valence electrons. The third-order valence-corrected chi connectivity index (χ3v) is 6.61. The number of hydrogen-bond acceptors (Lipinski definition) is 1. The molecule has 0 saturated heterocycles. The molecule has 2 heteroatoms. The van der Waals surface area contributed by atoms with Gasteiger partial charge in [-0.05, 0) is 60.2 Å². The molecular weight excluding hydrogens is 176 g/mol. The first-order chi connectivity index (χ1) is 6.79. The van der Waals surface area contributed by atoms with Crippen molar-refractivity contribution >= 4 is 5.97 Å². The summed E-state index contributed by atoms with van der Waals surface area (Å²) in [5, 5.41) is 9.33. The molecule has 0 aliphatic heterocycles. The fourth-order valence-corrected chi connectivity index (χ4v) is 6.95. The molecule has 0 aromatic rings. The SMILES string of the molecule is O=C(O)C1[C@H]2[C@H]3C[C@H]4[C@H]5C[C@H]([C@H]1[C@@H]53)[C@H]42. The van der Waals surface area contributed by atoms with Gasteiger partial charge in [0.15, 0.2) is 0 Å². The second kappa shape index (κ2) is 1.66. The monoisotopic (exact) mass is 190 g/mol. The van der Waals surface area contributed by atoms with Gasteiger partial charge in [0.05, 0.1) is 5.92 Å². The summed E-state index contributed by atoms with van der Waals surface area (Å²) in [6.07, 6.45) is 2.81. The van der Waals surface area contributed by atoms with Crippen LogP contribution in [0.25, 0.3) is 0 Å². The Morgan fingerprint density at radius 3 is 1.79 bits per heavy atom. The van der Waals surface area contributed by atoms with E-state index in [0.29, 0.717) is 11.8 Å². The smallest absolute Gasteiger partial charge is 0.307 e. The lowest BCUT2D eigenvalue weighted by Crippen LogP contribution is -2.30. The van der Waals surface area contributed by atoms with Gasteiger partial charge in [-0.25, -0.2) is 0 Å². The minimum absolute atomic E-state index is 0.0810. The van der Waals surface area contributed by atoms with E-state index in [1.54, 1.807) is 0 Å². The summed E-state index contributed by atoms with van der Waals surface area (Å²) in [6.45, 7) is 0. The van der Waals surface area contributed by atoms with E-state index in [-0.39, 0.29) is 5.92 Å². The van der Waals surface area contributed by atoms with Gasteiger partial charge in [0, 0.05) is 0 Å². The van der Waals surface area contributed by atoms with Gasteiger partial charge in [0.2, 0.25) is 0 Å². The van der Waals surface area contributed by atoms with Gasteiger partial charge in [-0.3, -0.25) is 4.79 Å². The average Bonchev–Trinajstić information content (AvgIpc) is 2.76. The Labute approximate surface area is 82.7 Å². The van der Waals surface area contributed by atoms with Gasteiger partial charge in [0.25, 0.3) is 0 Å². The van der Waals surface area contributed by atoms with E-state index in [1.165, 1.54) is 12.8 Å². The van der Waals surface area contributed by atoms with Crippen LogP contribution in [0, 0.1) is 53.3 Å². The number of carboxylic acid groups (broad SMARTS) is 1. The van der Waals surface area contributed by atoms with E-state index in [2.05, 4.69) is 0 Å². The van der Waals surface area contributed by atoms with Gasteiger partial charge in [0.1, 0.15) is 0 Å². The van der Waals surface area contributed by atoms with E-state index in [4.69, 9.17) is 0 Å². The van der Waals surface area contributed by atoms with E-state index < -0.39 is 5.97 Å². The van der Waals surface area contributed by atoms with Gasteiger partial charge >= 0.3 is 5.97 Å². The number of rotatable bonds is 1. The lowest BCUT2D eigenvalue weighted by molar-refractivity contribution is -0.143. The van der Waals surface area contributed by atoms with Crippen LogP contribution >= 0.6 is 0 Å². The Kier molecular flexibility index (Phi) is 0.812. The molecule has 0 aromatic heterocycles. The molecule has 0 amide bonds. The largest absolute Gasteiger partial charge is 0.481 e. The third-order valence-electron chi connectivity index (χ3n) is 6.61. The molecule has 1 unspecified atom stereocenters. The number of aliphatic carboxylic acids is 1. The predicted molar refractivity (Wildman–Crippen MR) is 48.3 cm³/mol. The Morgan fingerprint density at radius 1 is 0.857 bits per heavy atom. The van der Waals surface area contributed by atoms with Crippen molar-refractivity contribution in [3.8, 4) is 0 Å². The fourth-order valence-electron chi connectivity index (χ4n) is 6.95. The van der Waals surface area contributed by atoms with Crippen LogP contribution in [0.5, 0.6) is 0 Å². The summed E-state index contributed by atoms with van der Waals surface area (Å²) in [6, 6.07) is 0. The quantitative estimate of drug-likeness (QED) is 0.679. The topological polar surface area (TPSA) is 37.3 Å². The average molecular weight is 190 g/mol. The van der Waals surface area contributed by atoms with Crippen LogP contribution in [-0.4, -0.2) is 11.1 Å². The van der Waals surface area contributed by atoms with Crippen LogP contribution in [0.1, 0.15) is 12.8 Å². The standard InChI is InChI=1S/C12H14O2/c13-12(14)11-9-5-1-3-4-2-6(7(3)9)10(11)8(4)5/h3-11H,1-2H2,(H,13,14)/t3-,4+,5-,6-,7-,8-,9-,10-,11?/m0/s1. The zero-order valence-electron chi connectivity index (χ0n) is 7.97. The van der Waals surface area contributed by atoms with Crippen molar-refractivity contribution in [3.05, 3.63) is 0 Å². The summed E-state index contributed by atoms with van der Waals surface area (Å²) >= 11 is 0. The highest BCUT2D eigenvalue weighted by molar-refractivity contribution is 5.73. The Hall–Kier alpha value is -0.530. The normalized spacial score (nSPS) is 74.4. The molecule has 0 heterocycles. The molecule has 0 radical (unpaired) electrons. The molecule has 6 fully saturated rings. The van der Waals surface area contributed by atoms with Crippen LogP contribution in [0.4, 0.5) is 0 Å². The zero-order valence-corrected chi connectivity index (χ0v) is 7.97. The fraction of sp³-hybridized carbons (Fsp3) is 0.917. The maximum Gasteiger partial charge on any atom is 0.307 e. The van der Waals surface area contributed by atoms with Gasteiger partial charge in [-0.2, -0.15) is 0 Å². The molecule has 6 rings (SSSR count). The summed E-state index contributed by atoms with van der Waals surface area (Å²) in [7, 11) is 0. The number of carbonyl (C=O) groups is 1. The van der Waals surface area contributed by atoms with E-state index >= 15 is 0 Å². The first-order valence-electron chi connectivity index (χ1n) is 6.02. The predicted octanol–water partition coefficient (Wildman–Crippen LogP) is 1.47. The first kappa shape index (κ1) is 6.86. The Balaban J connectivity index is 1.77. The van der Waals surface area contributed by atoms with E-state index in [1.807, 2.05) is 0 Å². The van der Waals surface area contributed by atoms with Gasteiger partial charge < -0.3 is 5.11 Å². The summed E-state index contributed by atoms with van der Waals surface area (Å²) in [5.41, 5.74) is 0. The Bertz CT molecular complexity index is 335. The van der Waals surface area contributed by atoms with Crippen molar-refractivity contribution in [2.45, 2.75) is 12.8 Å². The molecule has 2 nitrogen and oxygen atoms in total. The van der Waals surface area contributed by atoms with Crippen molar-refractivity contribution in [1.82, 2.24) is 0 Å². The lowest BCUT2D eigenvalue weighted by atomic mass is 9.71. The van der Waals surface area contributed by atoms with E-state index in [9.17, 15) is 9.90 Å². The molecule has 6 bridgehead atoms. The highest BCUT2D eigenvalue weighted by Gasteiger charge is 2.81. The van der Waals surface area contributed by atoms with Crippen LogP contribution in [0.2, 0.25) is 0 Å². The first-order valence-corrected chi connectivity index (χ1v) is 6.02. The van der Waals surface area contributed by atoms with Gasteiger partial charge in [-0.15, -0.1) is 0 Å². The molecule has 6 aliphatic rings. The summed E-state index contributed by atoms with van der Waals surface area (Å²) < 4.78 is 0. The van der Waals surface area contributed by atoms with E-state index in [0.717, 1.165) is 35.5 Å². The molecule has 0 spiro atoms. The van der Waals surface area contributed by atoms with Crippen molar-refractivity contribution < 1.29 is 9.90 Å². The van der Waals surface area contributed by atoms with Crippen molar-refractivity contribution in [2.75, 3.05) is 0 Å². The van der Waals surface area contributed by atoms with Crippen molar-refractivity contribution in [2.24, 2.45) is 53.3 Å². The molecule has 14 heavy (non-hydrogen) atoms. The lowest BCUT2D eigenvalue weighted by Gasteiger charge is -2.33. The third kappa shape index (κ3) is 0.409. The summed E-state index contributed by atoms with van der Waals surface area (Å²) in [5.74, 6) is 6.22. The minimum Gasteiger partial charge on any atom is -0.481 e. The summed E-state index contributed by atoms with van der Waals surface area (Å²) in [4.78, 5) is 11.3. The number of carboxylic acids is 1. The van der Waals surface area contributed by atoms with Crippen molar-refractivity contribution in [1.29, 1.82) is 0 Å². The maximum atomic E-state index is 11.3. The molecule has 1 N–H and O–H groups in total. The van der Waals surface area contributed by atoms with Crippen LogP contribution < -0.4 is 0 Å². The van der Waals surface area contributed by atoms with Crippen LogP contribution in [0.3, 0.4) is 0 Å². The van der Waals surface area contributed by atoms with Gasteiger partial charge in [-0.1, -0.05) is 0 Å². The van der Waals surface area contributed by atoms with Crippen molar-refractivity contribution in [3.63, 3.8) is 0 Å². The molecule has 0 aromatic carbocycles. The highest BCUT2D eigenvalue weighted by Crippen LogP contribution is 2.84. The molecule has 6 aliphatic carbocycles. The second-order valence-corrected chi connectivity index (χ2v) is 6.30. The van der Waals surface area contributed by atoms with Crippen LogP contribution in [-0.2, 0) is 4.79 Å².